The topological polar surface area (TPSA) is 77.7 Å². The minimum atomic E-state index is -0.663. The molecular formula is C35H25F2N3O4. The van der Waals surface area contributed by atoms with Crippen molar-refractivity contribution in [3.63, 3.8) is 0 Å². The maximum absolute atomic E-state index is 14.3. The van der Waals surface area contributed by atoms with Crippen LogP contribution < -0.4 is 9.47 Å². The zero-order chi connectivity index (χ0) is 30.0. The average Bonchev–Trinajstić information content (AvgIpc) is 3.68. The Morgan fingerprint density at radius 3 is 2.27 bits per heavy atom. The summed E-state index contributed by atoms with van der Waals surface area (Å²) in [5.74, 6) is -0.710. The summed E-state index contributed by atoms with van der Waals surface area (Å²) in [6.45, 7) is 0.792. The summed E-state index contributed by atoms with van der Waals surface area (Å²) in [6, 6.07) is 30.0. The largest absolute Gasteiger partial charge is 0.473 e. The lowest BCUT2D eigenvalue weighted by Crippen LogP contribution is -2.25. The summed E-state index contributed by atoms with van der Waals surface area (Å²) < 4.78 is 46.2. The Morgan fingerprint density at radius 2 is 1.52 bits per heavy atom. The highest BCUT2D eigenvalue weighted by Gasteiger charge is 2.28. The molecule has 0 saturated heterocycles. The van der Waals surface area contributed by atoms with Crippen molar-refractivity contribution >= 4 is 17.0 Å². The van der Waals surface area contributed by atoms with Crippen molar-refractivity contribution < 1.29 is 27.5 Å². The number of carbonyl (C=O) groups excluding carboxylic acids is 1. The number of carbonyl (C=O) groups is 1. The van der Waals surface area contributed by atoms with Crippen LogP contribution in [0.25, 0.3) is 22.6 Å². The first-order chi connectivity index (χ1) is 21.5. The first kappa shape index (κ1) is 27.3. The van der Waals surface area contributed by atoms with Crippen molar-refractivity contribution in [2.24, 2.45) is 0 Å². The molecule has 9 heteroatoms. The minimum Gasteiger partial charge on any atom is -0.473 e. The minimum absolute atomic E-state index is 0.0620. The third-order valence-corrected chi connectivity index (χ3v) is 7.40. The van der Waals surface area contributed by atoms with E-state index >= 15 is 0 Å². The van der Waals surface area contributed by atoms with E-state index in [1.165, 1.54) is 11.0 Å². The molecule has 1 aliphatic rings. The van der Waals surface area contributed by atoms with Crippen molar-refractivity contribution in [1.29, 1.82) is 0 Å². The molecular weight excluding hydrogens is 564 g/mol. The average molecular weight is 590 g/mol. The van der Waals surface area contributed by atoms with Crippen LogP contribution >= 0.6 is 0 Å². The Bertz CT molecular complexity index is 1980. The zero-order valence-corrected chi connectivity index (χ0v) is 23.4. The van der Waals surface area contributed by atoms with Gasteiger partial charge >= 0.3 is 0 Å². The van der Waals surface area contributed by atoms with Gasteiger partial charge in [0.05, 0.1) is 5.56 Å². The quantitative estimate of drug-likeness (QED) is 0.183. The number of benzene rings is 4. The van der Waals surface area contributed by atoms with Crippen LogP contribution in [-0.2, 0) is 26.3 Å². The van der Waals surface area contributed by atoms with Crippen LogP contribution in [0.4, 0.5) is 8.78 Å². The SMILES string of the molecule is O=C(c1ccc2nc(-c3ccc(OCc4ccccc4)nc3OCc3ccccc3)oc2c1)N1Cc2cc(F)cc(F)c2C1. The van der Waals surface area contributed by atoms with E-state index in [2.05, 4.69) is 9.97 Å². The molecule has 1 amide bonds. The molecule has 6 aromatic rings. The fourth-order valence-corrected chi connectivity index (χ4v) is 5.16. The summed E-state index contributed by atoms with van der Waals surface area (Å²) in [6.07, 6.45) is 0. The maximum Gasteiger partial charge on any atom is 0.254 e. The van der Waals surface area contributed by atoms with Gasteiger partial charge in [-0.05, 0) is 47.0 Å². The lowest BCUT2D eigenvalue weighted by Gasteiger charge is -2.15. The Kier molecular flexibility index (Phi) is 7.19. The number of aromatic nitrogens is 2. The third-order valence-electron chi connectivity index (χ3n) is 7.40. The predicted molar refractivity (Wildman–Crippen MR) is 159 cm³/mol. The highest BCUT2D eigenvalue weighted by molar-refractivity contribution is 5.97. The Balaban J connectivity index is 1.16. The van der Waals surface area contributed by atoms with Gasteiger partial charge < -0.3 is 18.8 Å². The molecule has 0 atom stereocenters. The lowest BCUT2D eigenvalue weighted by atomic mass is 10.1. The summed E-state index contributed by atoms with van der Waals surface area (Å²) in [5.41, 5.74) is 4.54. The molecule has 218 valence electrons. The standard InChI is InChI=1S/C35H25F2N3O4/c36-26-15-25-18-40(19-28(25)29(37)17-26)35(41)24-11-13-30-31(16-24)44-34(38-30)27-12-14-32(42-20-22-7-3-1-4-8-22)39-33(27)43-21-23-9-5-2-6-10-23/h1-17H,18-21H2. The van der Waals surface area contributed by atoms with Crippen LogP contribution in [0, 0.1) is 11.6 Å². The molecule has 0 N–H and O–H groups in total. The number of oxazole rings is 1. The predicted octanol–water partition coefficient (Wildman–Crippen LogP) is 7.48. The van der Waals surface area contributed by atoms with E-state index in [-0.39, 0.29) is 37.4 Å². The molecule has 1 aliphatic heterocycles. The second-order valence-corrected chi connectivity index (χ2v) is 10.4. The molecule has 0 spiro atoms. The molecule has 7 rings (SSSR count). The van der Waals surface area contributed by atoms with Gasteiger partial charge in [0.1, 0.15) is 30.4 Å². The van der Waals surface area contributed by atoms with Gasteiger partial charge in [-0.25, -0.2) is 13.8 Å². The second kappa shape index (κ2) is 11.6. The number of halogens is 2. The number of hydrogen-bond acceptors (Lipinski definition) is 6. The van der Waals surface area contributed by atoms with E-state index < -0.39 is 11.6 Å². The molecule has 7 nitrogen and oxygen atoms in total. The van der Waals surface area contributed by atoms with Crippen LogP contribution in [0.5, 0.6) is 11.8 Å². The maximum atomic E-state index is 14.3. The van der Waals surface area contributed by atoms with Crippen molar-refractivity contribution in [2.45, 2.75) is 26.3 Å². The van der Waals surface area contributed by atoms with E-state index in [1.54, 1.807) is 30.3 Å². The molecule has 0 radical (unpaired) electrons. The summed E-state index contributed by atoms with van der Waals surface area (Å²) in [4.78, 5) is 24.0. The van der Waals surface area contributed by atoms with Gasteiger partial charge in [0, 0.05) is 36.3 Å². The molecule has 0 saturated carbocycles. The van der Waals surface area contributed by atoms with Gasteiger partial charge in [-0.1, -0.05) is 60.7 Å². The normalized spacial score (nSPS) is 12.4. The van der Waals surface area contributed by atoms with E-state index in [9.17, 15) is 13.6 Å². The molecule has 44 heavy (non-hydrogen) atoms. The Labute approximate surface area is 251 Å². The summed E-state index contributed by atoms with van der Waals surface area (Å²) >= 11 is 0. The number of fused-ring (bicyclic) bond motifs is 2. The highest BCUT2D eigenvalue weighted by atomic mass is 19.1. The lowest BCUT2D eigenvalue weighted by molar-refractivity contribution is 0.0750. The number of hydrogen-bond donors (Lipinski definition) is 0. The highest BCUT2D eigenvalue weighted by Crippen LogP contribution is 2.34. The molecule has 3 heterocycles. The molecule has 2 aromatic heterocycles. The van der Waals surface area contributed by atoms with Crippen LogP contribution in [0.2, 0.25) is 0 Å². The van der Waals surface area contributed by atoms with Crippen LogP contribution in [0.15, 0.2) is 108 Å². The Hall–Kier alpha value is -5.57. The van der Waals surface area contributed by atoms with Crippen molar-refractivity contribution in [3.8, 4) is 23.2 Å². The van der Waals surface area contributed by atoms with Gasteiger partial charge in [-0.2, -0.15) is 4.98 Å². The molecule has 0 unspecified atom stereocenters. The molecule has 0 fully saturated rings. The van der Waals surface area contributed by atoms with E-state index in [0.717, 1.165) is 17.2 Å². The number of amides is 1. The monoisotopic (exact) mass is 589 g/mol. The fourth-order valence-electron chi connectivity index (χ4n) is 5.16. The first-order valence-corrected chi connectivity index (χ1v) is 14.0. The van der Waals surface area contributed by atoms with Gasteiger partial charge in [-0.3, -0.25) is 4.79 Å². The van der Waals surface area contributed by atoms with Crippen molar-refractivity contribution in [2.75, 3.05) is 0 Å². The number of ether oxygens (including phenoxy) is 2. The summed E-state index contributed by atoms with van der Waals surface area (Å²) in [5, 5.41) is 0. The van der Waals surface area contributed by atoms with Gasteiger partial charge in [0.2, 0.25) is 17.7 Å². The van der Waals surface area contributed by atoms with E-state index in [4.69, 9.17) is 13.9 Å². The summed E-state index contributed by atoms with van der Waals surface area (Å²) in [7, 11) is 0. The first-order valence-electron chi connectivity index (χ1n) is 14.0. The second-order valence-electron chi connectivity index (χ2n) is 10.4. The zero-order valence-electron chi connectivity index (χ0n) is 23.4. The van der Waals surface area contributed by atoms with E-state index in [0.29, 0.717) is 45.8 Å². The third kappa shape index (κ3) is 5.59. The fraction of sp³-hybridized carbons (Fsp3) is 0.114. The van der Waals surface area contributed by atoms with E-state index in [1.807, 2.05) is 60.7 Å². The molecule has 0 bridgehead atoms. The van der Waals surface area contributed by atoms with Gasteiger partial charge in [0.15, 0.2) is 5.58 Å². The van der Waals surface area contributed by atoms with Gasteiger partial charge in [-0.15, -0.1) is 0 Å². The number of rotatable bonds is 8. The molecule has 4 aromatic carbocycles. The van der Waals surface area contributed by atoms with Crippen molar-refractivity contribution in [1.82, 2.24) is 14.9 Å². The smallest absolute Gasteiger partial charge is 0.254 e. The van der Waals surface area contributed by atoms with Crippen LogP contribution in [0.1, 0.15) is 32.6 Å². The molecule has 0 aliphatic carbocycles. The van der Waals surface area contributed by atoms with Crippen LogP contribution in [0.3, 0.4) is 0 Å². The Morgan fingerprint density at radius 1 is 0.795 bits per heavy atom. The van der Waals surface area contributed by atoms with Crippen molar-refractivity contribution in [3.05, 3.63) is 143 Å². The van der Waals surface area contributed by atoms with Gasteiger partial charge in [0.25, 0.3) is 5.91 Å². The van der Waals surface area contributed by atoms with Crippen LogP contribution in [-0.4, -0.2) is 20.8 Å². The number of pyridine rings is 1. The number of nitrogens with zero attached hydrogens (tertiary/aromatic N) is 3.